The van der Waals surface area contributed by atoms with E-state index in [9.17, 15) is 14.4 Å². The maximum Gasteiger partial charge on any atom is 0.245 e. The first-order chi connectivity index (χ1) is 13.0. The fourth-order valence-corrected chi connectivity index (χ4v) is 3.90. The first kappa shape index (κ1) is 19.6. The molecule has 6 nitrogen and oxygen atoms in total. The van der Waals surface area contributed by atoms with Gasteiger partial charge in [0.25, 0.3) is 0 Å². The predicted molar refractivity (Wildman–Crippen MR) is 106 cm³/mol. The van der Waals surface area contributed by atoms with Crippen LogP contribution in [0.3, 0.4) is 0 Å². The Kier molecular flexibility index (Phi) is 6.31. The highest BCUT2D eigenvalue weighted by atomic mass is 79.9. The number of hydrogen-bond acceptors (Lipinski definition) is 3. The van der Waals surface area contributed by atoms with Gasteiger partial charge in [-0.05, 0) is 36.6 Å². The number of nitrogens with zero attached hydrogens (tertiary/aromatic N) is 3. The molecule has 7 heteroatoms. The van der Waals surface area contributed by atoms with E-state index in [4.69, 9.17) is 0 Å². The second-order valence-corrected chi connectivity index (χ2v) is 7.94. The number of hydrogen-bond donors (Lipinski definition) is 0. The Morgan fingerprint density at radius 1 is 1.15 bits per heavy atom. The topological polar surface area (TPSA) is 60.9 Å². The van der Waals surface area contributed by atoms with Gasteiger partial charge in [-0.2, -0.15) is 0 Å². The summed E-state index contributed by atoms with van der Waals surface area (Å²) in [6.45, 7) is 6.32. The van der Waals surface area contributed by atoms with Gasteiger partial charge in [0.2, 0.25) is 17.7 Å². The first-order valence-electron chi connectivity index (χ1n) is 9.20. The molecule has 1 aromatic carbocycles. The van der Waals surface area contributed by atoms with Crippen molar-refractivity contribution in [3.05, 3.63) is 47.0 Å². The summed E-state index contributed by atoms with van der Waals surface area (Å²) >= 11 is 3.41. The lowest BCUT2D eigenvalue weighted by atomic mass is 9.96. The van der Waals surface area contributed by atoms with Crippen molar-refractivity contribution < 1.29 is 14.4 Å². The Morgan fingerprint density at radius 2 is 1.89 bits per heavy atom. The van der Waals surface area contributed by atoms with E-state index >= 15 is 0 Å². The average Bonchev–Trinajstić information content (AvgIpc) is 2.70. The van der Waals surface area contributed by atoms with Crippen LogP contribution in [0, 0.1) is 5.92 Å². The summed E-state index contributed by atoms with van der Waals surface area (Å²) in [6.07, 6.45) is 2.85. The van der Waals surface area contributed by atoms with Crippen LogP contribution in [-0.4, -0.2) is 65.1 Å². The van der Waals surface area contributed by atoms with E-state index in [0.717, 1.165) is 22.9 Å². The Balaban J connectivity index is 1.56. The van der Waals surface area contributed by atoms with Crippen molar-refractivity contribution in [2.24, 2.45) is 5.92 Å². The smallest absolute Gasteiger partial charge is 0.245 e. The summed E-state index contributed by atoms with van der Waals surface area (Å²) < 4.78 is 1.00. The van der Waals surface area contributed by atoms with E-state index in [1.807, 2.05) is 24.3 Å². The van der Waals surface area contributed by atoms with Crippen LogP contribution in [0.5, 0.6) is 0 Å². The Labute approximate surface area is 167 Å². The standard InChI is InChI=1S/C20H24BrN3O3/c1-2-18(25)22-9-3-4-16(13-22)20(27)24-11-10-23(19(26)14-24)12-15-5-7-17(21)8-6-15/h2,5-8,16H,1,3-4,9-14H2. The lowest BCUT2D eigenvalue weighted by molar-refractivity contribution is -0.149. The van der Waals surface area contributed by atoms with Crippen molar-refractivity contribution in [1.29, 1.82) is 0 Å². The number of piperazine rings is 1. The molecule has 0 spiro atoms. The zero-order valence-corrected chi connectivity index (χ0v) is 16.9. The Morgan fingerprint density at radius 3 is 2.56 bits per heavy atom. The fraction of sp³-hybridized carbons (Fsp3) is 0.450. The summed E-state index contributed by atoms with van der Waals surface area (Å²) in [5, 5.41) is 0. The maximum absolute atomic E-state index is 12.8. The van der Waals surface area contributed by atoms with Gasteiger partial charge in [0.05, 0.1) is 12.5 Å². The van der Waals surface area contributed by atoms with E-state index in [1.165, 1.54) is 6.08 Å². The molecular formula is C20H24BrN3O3. The van der Waals surface area contributed by atoms with Gasteiger partial charge in [-0.1, -0.05) is 34.6 Å². The van der Waals surface area contributed by atoms with E-state index in [-0.39, 0.29) is 30.2 Å². The molecule has 2 heterocycles. The zero-order chi connectivity index (χ0) is 19.4. The monoisotopic (exact) mass is 433 g/mol. The van der Waals surface area contributed by atoms with Crippen LogP contribution in [0.15, 0.2) is 41.4 Å². The third kappa shape index (κ3) is 4.77. The van der Waals surface area contributed by atoms with Gasteiger partial charge in [0.15, 0.2) is 0 Å². The summed E-state index contributed by atoms with van der Waals surface area (Å²) in [5.74, 6) is -0.420. The van der Waals surface area contributed by atoms with Crippen molar-refractivity contribution in [2.45, 2.75) is 19.4 Å². The van der Waals surface area contributed by atoms with Crippen molar-refractivity contribution in [1.82, 2.24) is 14.7 Å². The SMILES string of the molecule is C=CC(=O)N1CCCC(C(=O)N2CCN(Cc3ccc(Br)cc3)C(=O)C2)C1. The third-order valence-electron chi connectivity index (χ3n) is 5.17. The molecule has 2 aliphatic heterocycles. The highest BCUT2D eigenvalue weighted by Gasteiger charge is 2.34. The molecule has 0 saturated carbocycles. The number of carbonyl (C=O) groups is 3. The summed E-state index contributed by atoms with van der Waals surface area (Å²) in [5.41, 5.74) is 1.07. The van der Waals surface area contributed by atoms with Crippen LogP contribution in [0.25, 0.3) is 0 Å². The molecular weight excluding hydrogens is 410 g/mol. The van der Waals surface area contributed by atoms with E-state index in [0.29, 0.717) is 32.7 Å². The zero-order valence-electron chi connectivity index (χ0n) is 15.3. The van der Waals surface area contributed by atoms with Gasteiger partial charge in [-0.3, -0.25) is 14.4 Å². The number of carbonyl (C=O) groups excluding carboxylic acids is 3. The van der Waals surface area contributed by atoms with Crippen molar-refractivity contribution in [3.8, 4) is 0 Å². The average molecular weight is 434 g/mol. The van der Waals surface area contributed by atoms with Crippen molar-refractivity contribution in [3.63, 3.8) is 0 Å². The van der Waals surface area contributed by atoms with E-state index in [2.05, 4.69) is 22.5 Å². The largest absolute Gasteiger partial charge is 0.338 e. The molecule has 144 valence electrons. The predicted octanol–water partition coefficient (Wildman–Crippen LogP) is 2.04. The molecule has 3 rings (SSSR count). The Hall–Kier alpha value is -2.15. The van der Waals surface area contributed by atoms with Gasteiger partial charge >= 0.3 is 0 Å². The van der Waals surface area contributed by atoms with Crippen LogP contribution >= 0.6 is 15.9 Å². The molecule has 0 aromatic heterocycles. The van der Waals surface area contributed by atoms with E-state index in [1.54, 1.807) is 14.7 Å². The quantitative estimate of drug-likeness (QED) is 0.682. The second-order valence-electron chi connectivity index (χ2n) is 7.03. The normalized spacial score (nSPS) is 20.6. The number of piperidine rings is 1. The number of rotatable bonds is 4. The number of likely N-dealkylation sites (tertiary alicyclic amines) is 1. The summed E-state index contributed by atoms with van der Waals surface area (Å²) in [6, 6.07) is 7.89. The van der Waals surface area contributed by atoms with Crippen LogP contribution in [-0.2, 0) is 20.9 Å². The summed E-state index contributed by atoms with van der Waals surface area (Å²) in [7, 11) is 0. The molecule has 0 bridgehead atoms. The molecule has 1 unspecified atom stereocenters. The van der Waals surface area contributed by atoms with Crippen LogP contribution in [0.1, 0.15) is 18.4 Å². The molecule has 1 aromatic rings. The number of benzene rings is 1. The van der Waals surface area contributed by atoms with Gasteiger partial charge in [-0.15, -0.1) is 0 Å². The lowest BCUT2D eigenvalue weighted by Crippen LogP contribution is -2.55. The molecule has 2 fully saturated rings. The van der Waals surface area contributed by atoms with Crippen LogP contribution in [0.4, 0.5) is 0 Å². The fourth-order valence-electron chi connectivity index (χ4n) is 3.64. The van der Waals surface area contributed by atoms with Crippen molar-refractivity contribution >= 4 is 33.7 Å². The Bertz CT molecular complexity index is 734. The van der Waals surface area contributed by atoms with Crippen LogP contribution < -0.4 is 0 Å². The third-order valence-corrected chi connectivity index (χ3v) is 5.70. The number of halogens is 1. The highest BCUT2D eigenvalue weighted by molar-refractivity contribution is 9.10. The van der Waals surface area contributed by atoms with Gasteiger partial charge in [-0.25, -0.2) is 0 Å². The minimum absolute atomic E-state index is 0.0202. The molecule has 0 aliphatic carbocycles. The van der Waals surface area contributed by atoms with Crippen molar-refractivity contribution in [2.75, 3.05) is 32.7 Å². The molecule has 2 aliphatic rings. The molecule has 0 radical (unpaired) electrons. The first-order valence-corrected chi connectivity index (χ1v) is 9.99. The molecule has 27 heavy (non-hydrogen) atoms. The minimum Gasteiger partial charge on any atom is -0.338 e. The highest BCUT2D eigenvalue weighted by Crippen LogP contribution is 2.21. The maximum atomic E-state index is 12.8. The van der Waals surface area contributed by atoms with E-state index < -0.39 is 0 Å². The second kappa shape index (κ2) is 8.69. The van der Waals surface area contributed by atoms with Gasteiger partial charge in [0.1, 0.15) is 0 Å². The molecule has 1 atom stereocenters. The van der Waals surface area contributed by atoms with Crippen LogP contribution in [0.2, 0.25) is 0 Å². The minimum atomic E-state index is -0.228. The summed E-state index contributed by atoms with van der Waals surface area (Å²) in [4.78, 5) is 42.3. The lowest BCUT2D eigenvalue weighted by Gasteiger charge is -2.38. The van der Waals surface area contributed by atoms with Gasteiger partial charge < -0.3 is 14.7 Å². The molecule has 3 amide bonds. The molecule has 2 saturated heterocycles. The molecule has 0 N–H and O–H groups in total. The number of amides is 3. The van der Waals surface area contributed by atoms with Gasteiger partial charge in [0, 0.05) is 37.2 Å².